The Bertz CT molecular complexity index is 218. The minimum atomic E-state index is 0. The Kier molecular flexibility index (Phi) is 10.0. The first-order valence-electron chi connectivity index (χ1n) is 5.88. The van der Waals surface area contributed by atoms with Crippen molar-refractivity contribution in [2.45, 2.75) is 51.9 Å². The average Bonchev–Trinajstić information content (AvgIpc) is 2.25. The van der Waals surface area contributed by atoms with Gasteiger partial charge in [-0.05, 0) is 24.5 Å². The molecule has 0 fully saturated rings. The SMILES string of the molecule is CCCCCCCCc1cc[c]cc1.[Ni]. The minimum absolute atomic E-state index is 0. The van der Waals surface area contributed by atoms with Crippen LogP contribution in [-0.4, -0.2) is 0 Å². The van der Waals surface area contributed by atoms with Gasteiger partial charge in [0.25, 0.3) is 0 Å². The maximum Gasteiger partial charge on any atom is 0 e. The normalized spacial score (nSPS) is 9.67. The molecule has 0 aliphatic rings. The number of hydrogen-bond donors (Lipinski definition) is 0. The summed E-state index contributed by atoms with van der Waals surface area (Å²) >= 11 is 0. The zero-order valence-electron chi connectivity index (χ0n) is 9.58. The number of rotatable bonds is 7. The maximum absolute atomic E-state index is 3.05. The molecule has 1 radical (unpaired) electrons. The van der Waals surface area contributed by atoms with E-state index in [0.717, 1.165) is 0 Å². The van der Waals surface area contributed by atoms with Gasteiger partial charge in [0, 0.05) is 16.5 Å². The van der Waals surface area contributed by atoms with Crippen LogP contribution in [0, 0.1) is 6.07 Å². The molecule has 1 aromatic carbocycles. The third-order valence-electron chi connectivity index (χ3n) is 2.61. The van der Waals surface area contributed by atoms with Crippen LogP contribution in [-0.2, 0) is 22.9 Å². The van der Waals surface area contributed by atoms with Crippen LogP contribution in [0.15, 0.2) is 24.3 Å². The summed E-state index contributed by atoms with van der Waals surface area (Å²) in [7, 11) is 0. The quantitative estimate of drug-likeness (QED) is 0.496. The van der Waals surface area contributed by atoms with Crippen LogP contribution < -0.4 is 0 Å². The summed E-state index contributed by atoms with van der Waals surface area (Å²) < 4.78 is 0. The van der Waals surface area contributed by atoms with Gasteiger partial charge < -0.3 is 0 Å². The van der Waals surface area contributed by atoms with Gasteiger partial charge in [-0.3, -0.25) is 0 Å². The predicted molar refractivity (Wildman–Crippen MR) is 62.4 cm³/mol. The Balaban J connectivity index is 0.00000196. The molecule has 0 aliphatic heterocycles. The first-order valence-corrected chi connectivity index (χ1v) is 5.88. The van der Waals surface area contributed by atoms with E-state index in [2.05, 4.69) is 25.1 Å². The standard InChI is InChI=1S/C14H21.Ni/c1-2-3-4-5-6-8-11-14-12-9-7-10-13-14;/h9-10,12-13H,2-6,8,11H2,1H3;. The molecule has 0 N–H and O–H groups in total. The van der Waals surface area contributed by atoms with Crippen LogP contribution in [0.3, 0.4) is 0 Å². The third kappa shape index (κ3) is 7.62. The first-order chi connectivity index (χ1) is 6.93. The second-order valence-corrected chi connectivity index (χ2v) is 3.93. The van der Waals surface area contributed by atoms with Gasteiger partial charge in [-0.1, -0.05) is 63.3 Å². The number of unbranched alkanes of at least 4 members (excludes halogenated alkanes) is 5. The van der Waals surface area contributed by atoms with E-state index in [9.17, 15) is 0 Å². The average molecular weight is 248 g/mol. The summed E-state index contributed by atoms with van der Waals surface area (Å²) in [5, 5.41) is 0. The smallest absolute Gasteiger partial charge is 0 e. The molecule has 0 unspecified atom stereocenters. The van der Waals surface area contributed by atoms with Crippen molar-refractivity contribution < 1.29 is 16.5 Å². The number of aryl methyl sites for hydroxylation is 1. The topological polar surface area (TPSA) is 0 Å². The van der Waals surface area contributed by atoms with Crippen LogP contribution in [0.25, 0.3) is 0 Å². The predicted octanol–water partition coefficient (Wildman–Crippen LogP) is 4.39. The molecule has 1 aromatic rings. The number of benzene rings is 1. The molecule has 0 nitrogen and oxygen atoms in total. The van der Waals surface area contributed by atoms with Gasteiger partial charge in [0.2, 0.25) is 0 Å². The summed E-state index contributed by atoms with van der Waals surface area (Å²) in [6.07, 6.45) is 9.54. The Hall–Kier alpha value is -0.286. The molecule has 1 heteroatoms. The molecule has 15 heavy (non-hydrogen) atoms. The molecular weight excluding hydrogens is 227 g/mol. The second-order valence-electron chi connectivity index (χ2n) is 3.93. The summed E-state index contributed by atoms with van der Waals surface area (Å²) in [6.45, 7) is 2.26. The Morgan fingerprint density at radius 3 is 2.20 bits per heavy atom. The van der Waals surface area contributed by atoms with Crippen molar-refractivity contribution in [1.82, 2.24) is 0 Å². The van der Waals surface area contributed by atoms with Gasteiger partial charge in [0.05, 0.1) is 0 Å². The van der Waals surface area contributed by atoms with Gasteiger partial charge >= 0.3 is 0 Å². The maximum atomic E-state index is 3.05. The molecule has 0 saturated heterocycles. The van der Waals surface area contributed by atoms with Crippen molar-refractivity contribution >= 4 is 0 Å². The minimum Gasteiger partial charge on any atom is -0.0654 e. The van der Waals surface area contributed by atoms with Crippen LogP contribution in [0.5, 0.6) is 0 Å². The number of hydrogen-bond acceptors (Lipinski definition) is 0. The zero-order valence-corrected chi connectivity index (χ0v) is 10.6. The van der Waals surface area contributed by atoms with Crippen molar-refractivity contribution in [2.24, 2.45) is 0 Å². The van der Waals surface area contributed by atoms with Gasteiger partial charge in [0.1, 0.15) is 0 Å². The molecule has 0 aliphatic carbocycles. The molecule has 0 aromatic heterocycles. The van der Waals surface area contributed by atoms with Crippen molar-refractivity contribution in [3.05, 3.63) is 35.9 Å². The Labute approximate surface area is 104 Å². The summed E-state index contributed by atoms with van der Waals surface area (Å²) in [5.41, 5.74) is 1.46. The molecule has 0 saturated carbocycles. The van der Waals surface area contributed by atoms with Crippen LogP contribution in [0.1, 0.15) is 51.0 Å². The fourth-order valence-corrected chi connectivity index (χ4v) is 1.70. The largest absolute Gasteiger partial charge is 0.0654 e. The molecule has 1 rings (SSSR count). The summed E-state index contributed by atoms with van der Waals surface area (Å²) in [4.78, 5) is 0. The molecule has 0 bridgehead atoms. The summed E-state index contributed by atoms with van der Waals surface area (Å²) in [5.74, 6) is 0. The first kappa shape index (κ1) is 14.7. The van der Waals surface area contributed by atoms with Crippen LogP contribution >= 0.6 is 0 Å². The van der Waals surface area contributed by atoms with Gasteiger partial charge in [0.15, 0.2) is 0 Å². The fourth-order valence-electron chi connectivity index (χ4n) is 1.70. The van der Waals surface area contributed by atoms with Gasteiger partial charge in [-0.2, -0.15) is 0 Å². The van der Waals surface area contributed by atoms with Crippen molar-refractivity contribution in [3.63, 3.8) is 0 Å². The molecule has 0 heterocycles. The molecule has 87 valence electrons. The van der Waals surface area contributed by atoms with Gasteiger partial charge in [-0.25, -0.2) is 0 Å². The van der Waals surface area contributed by atoms with E-state index >= 15 is 0 Å². The van der Waals surface area contributed by atoms with E-state index in [-0.39, 0.29) is 16.5 Å². The van der Waals surface area contributed by atoms with Crippen molar-refractivity contribution in [1.29, 1.82) is 0 Å². The van der Waals surface area contributed by atoms with Crippen molar-refractivity contribution in [2.75, 3.05) is 0 Å². The Morgan fingerprint density at radius 2 is 1.53 bits per heavy atom. The summed E-state index contributed by atoms with van der Waals surface area (Å²) in [6, 6.07) is 11.4. The molecular formula is C14H21Ni. The molecule has 0 amide bonds. The Morgan fingerprint density at radius 1 is 0.933 bits per heavy atom. The molecule has 0 spiro atoms. The zero-order chi connectivity index (χ0) is 10.1. The van der Waals surface area contributed by atoms with E-state index < -0.39 is 0 Å². The van der Waals surface area contributed by atoms with E-state index in [4.69, 9.17) is 0 Å². The van der Waals surface area contributed by atoms with E-state index in [1.165, 1.54) is 50.5 Å². The van der Waals surface area contributed by atoms with Crippen LogP contribution in [0.2, 0.25) is 0 Å². The second kappa shape index (κ2) is 10.2. The monoisotopic (exact) mass is 247 g/mol. The third-order valence-corrected chi connectivity index (χ3v) is 2.61. The van der Waals surface area contributed by atoms with Crippen molar-refractivity contribution in [3.8, 4) is 0 Å². The van der Waals surface area contributed by atoms with Crippen LogP contribution in [0.4, 0.5) is 0 Å². The van der Waals surface area contributed by atoms with Gasteiger partial charge in [-0.15, -0.1) is 0 Å². The fraction of sp³-hybridized carbons (Fsp3) is 0.571. The van der Waals surface area contributed by atoms with E-state index in [0.29, 0.717) is 0 Å². The molecule has 0 atom stereocenters. The van der Waals surface area contributed by atoms with E-state index in [1.54, 1.807) is 0 Å². The van der Waals surface area contributed by atoms with E-state index in [1.807, 2.05) is 12.1 Å².